The summed E-state index contributed by atoms with van der Waals surface area (Å²) in [5.74, 6) is 1.20. The molecule has 104 valence electrons. The third kappa shape index (κ3) is 2.19. The van der Waals surface area contributed by atoms with E-state index in [0.29, 0.717) is 23.8 Å². The summed E-state index contributed by atoms with van der Waals surface area (Å²) < 4.78 is 6.28. The molecule has 2 aromatic rings. The van der Waals surface area contributed by atoms with E-state index in [1.54, 1.807) is 6.92 Å². The number of carbonyl (C=O) groups is 1. The van der Waals surface area contributed by atoms with Gasteiger partial charge in [0.1, 0.15) is 21.9 Å². The summed E-state index contributed by atoms with van der Waals surface area (Å²) in [6.45, 7) is 2.05. The summed E-state index contributed by atoms with van der Waals surface area (Å²) in [4.78, 5) is 19.1. The number of benzene rings is 1. The maximum atomic E-state index is 11.6. The van der Waals surface area contributed by atoms with Gasteiger partial charge in [-0.2, -0.15) is 0 Å². The number of rotatable bonds is 2. The molecule has 3 rings (SSSR count). The first-order valence-corrected chi connectivity index (χ1v) is 6.94. The average Bonchev–Trinajstić information content (AvgIpc) is 2.81. The highest BCUT2D eigenvalue weighted by atomic mass is 79.9. The molecular formula is C13H13BrN4O2. The van der Waals surface area contributed by atoms with Crippen molar-refractivity contribution >= 4 is 27.5 Å². The summed E-state index contributed by atoms with van der Waals surface area (Å²) in [7, 11) is 0. The fraction of sp³-hybridized carbons (Fsp3) is 0.231. The lowest BCUT2D eigenvalue weighted by Gasteiger charge is -2.23. The number of anilines is 1. The fourth-order valence-electron chi connectivity index (χ4n) is 2.04. The van der Waals surface area contributed by atoms with Crippen molar-refractivity contribution in [2.75, 3.05) is 5.32 Å². The molecule has 1 aliphatic rings. The SMILES string of the molecule is CC1Oc2ccc(-c3nc(CN)[nH]c3Br)cc2NC1=O. The molecule has 2 heterocycles. The number of aromatic amines is 1. The van der Waals surface area contributed by atoms with Gasteiger partial charge >= 0.3 is 0 Å². The highest BCUT2D eigenvalue weighted by Crippen LogP contribution is 2.35. The van der Waals surface area contributed by atoms with Crippen LogP contribution in [-0.4, -0.2) is 22.0 Å². The van der Waals surface area contributed by atoms with Gasteiger partial charge in [-0.3, -0.25) is 4.79 Å². The highest BCUT2D eigenvalue weighted by molar-refractivity contribution is 9.10. The van der Waals surface area contributed by atoms with E-state index in [0.717, 1.165) is 15.9 Å². The second kappa shape index (κ2) is 4.92. The van der Waals surface area contributed by atoms with Crippen LogP contribution in [0.2, 0.25) is 0 Å². The van der Waals surface area contributed by atoms with E-state index in [1.807, 2.05) is 18.2 Å². The van der Waals surface area contributed by atoms with Crippen LogP contribution in [0.1, 0.15) is 12.7 Å². The van der Waals surface area contributed by atoms with Gasteiger partial charge in [-0.15, -0.1) is 0 Å². The topological polar surface area (TPSA) is 93.0 Å². The van der Waals surface area contributed by atoms with E-state index in [4.69, 9.17) is 10.5 Å². The van der Waals surface area contributed by atoms with Crippen LogP contribution in [0.5, 0.6) is 5.75 Å². The molecule has 0 saturated carbocycles. The van der Waals surface area contributed by atoms with Gasteiger partial charge in [0.25, 0.3) is 5.91 Å². The molecule has 0 spiro atoms. The van der Waals surface area contributed by atoms with Crippen LogP contribution in [0.15, 0.2) is 22.8 Å². The van der Waals surface area contributed by atoms with Gasteiger partial charge in [-0.25, -0.2) is 4.98 Å². The Bertz CT molecular complexity index is 683. The monoisotopic (exact) mass is 336 g/mol. The number of hydrogen-bond donors (Lipinski definition) is 3. The van der Waals surface area contributed by atoms with Crippen LogP contribution in [0.4, 0.5) is 5.69 Å². The van der Waals surface area contributed by atoms with Gasteiger partial charge in [-0.1, -0.05) is 0 Å². The smallest absolute Gasteiger partial charge is 0.265 e. The number of hydrogen-bond acceptors (Lipinski definition) is 4. The summed E-state index contributed by atoms with van der Waals surface area (Å²) in [5.41, 5.74) is 7.83. The zero-order valence-corrected chi connectivity index (χ0v) is 12.3. The Labute approximate surface area is 123 Å². The molecule has 1 atom stereocenters. The molecule has 1 amide bonds. The molecule has 1 aromatic heterocycles. The molecule has 1 aromatic carbocycles. The quantitative estimate of drug-likeness (QED) is 0.782. The standard InChI is InChI=1S/C13H13BrN4O2/c1-6-13(19)16-8-4-7(2-3-9(8)20-6)11-12(14)18-10(5-15)17-11/h2-4,6H,5,15H2,1H3,(H,16,19)(H,17,18). The molecule has 6 nitrogen and oxygen atoms in total. The average molecular weight is 337 g/mol. The maximum absolute atomic E-state index is 11.6. The number of aromatic nitrogens is 2. The van der Waals surface area contributed by atoms with Crippen LogP contribution < -0.4 is 15.8 Å². The van der Waals surface area contributed by atoms with Gasteiger partial charge in [0.2, 0.25) is 0 Å². The van der Waals surface area contributed by atoms with Crippen LogP contribution in [0, 0.1) is 0 Å². The van der Waals surface area contributed by atoms with Crippen molar-refractivity contribution < 1.29 is 9.53 Å². The number of H-pyrrole nitrogens is 1. The van der Waals surface area contributed by atoms with E-state index >= 15 is 0 Å². The second-order valence-electron chi connectivity index (χ2n) is 4.51. The van der Waals surface area contributed by atoms with Crippen LogP contribution >= 0.6 is 15.9 Å². The Morgan fingerprint density at radius 2 is 2.30 bits per heavy atom. The Hall–Kier alpha value is -1.86. The van der Waals surface area contributed by atoms with Crippen LogP contribution in [0.3, 0.4) is 0 Å². The van der Waals surface area contributed by atoms with Crippen molar-refractivity contribution in [3.63, 3.8) is 0 Å². The molecular weight excluding hydrogens is 324 g/mol. The lowest BCUT2D eigenvalue weighted by molar-refractivity contribution is -0.122. The van der Waals surface area contributed by atoms with Crippen LogP contribution in [-0.2, 0) is 11.3 Å². The molecule has 20 heavy (non-hydrogen) atoms. The van der Waals surface area contributed by atoms with Gasteiger partial charge in [0.15, 0.2) is 6.10 Å². The third-order valence-electron chi connectivity index (χ3n) is 3.09. The Morgan fingerprint density at radius 1 is 1.50 bits per heavy atom. The Morgan fingerprint density at radius 3 is 3.00 bits per heavy atom. The number of nitrogens with one attached hydrogen (secondary N) is 2. The van der Waals surface area contributed by atoms with Gasteiger partial charge < -0.3 is 20.8 Å². The minimum atomic E-state index is -0.477. The van der Waals surface area contributed by atoms with Crippen LogP contribution in [0.25, 0.3) is 11.3 Å². The Balaban J connectivity index is 2.02. The molecule has 1 aliphatic heterocycles. The van der Waals surface area contributed by atoms with E-state index in [2.05, 4.69) is 31.2 Å². The third-order valence-corrected chi connectivity index (χ3v) is 3.66. The zero-order valence-electron chi connectivity index (χ0n) is 10.7. The number of carbonyl (C=O) groups excluding carboxylic acids is 1. The van der Waals surface area contributed by atoms with Crippen molar-refractivity contribution in [3.8, 4) is 17.0 Å². The maximum Gasteiger partial charge on any atom is 0.265 e. The highest BCUT2D eigenvalue weighted by Gasteiger charge is 2.24. The van der Waals surface area contributed by atoms with Crippen molar-refractivity contribution in [3.05, 3.63) is 28.6 Å². The molecule has 4 N–H and O–H groups in total. The number of ether oxygens (including phenoxy) is 1. The molecule has 0 radical (unpaired) electrons. The van der Waals surface area contributed by atoms with Crippen molar-refractivity contribution in [2.45, 2.75) is 19.6 Å². The first-order chi connectivity index (χ1) is 9.58. The number of amides is 1. The van der Waals surface area contributed by atoms with E-state index in [1.165, 1.54) is 0 Å². The molecule has 0 fully saturated rings. The van der Waals surface area contributed by atoms with Crippen molar-refractivity contribution in [1.29, 1.82) is 0 Å². The lowest BCUT2D eigenvalue weighted by atomic mass is 10.1. The fourth-order valence-corrected chi connectivity index (χ4v) is 2.59. The second-order valence-corrected chi connectivity index (χ2v) is 5.30. The predicted octanol–water partition coefficient (Wildman–Crippen LogP) is 2.02. The molecule has 7 heteroatoms. The molecule has 0 saturated heterocycles. The summed E-state index contributed by atoms with van der Waals surface area (Å²) >= 11 is 3.42. The minimum Gasteiger partial charge on any atom is -0.479 e. The van der Waals surface area contributed by atoms with Gasteiger partial charge in [0.05, 0.1) is 12.2 Å². The van der Waals surface area contributed by atoms with Gasteiger partial charge in [-0.05, 0) is 41.1 Å². The largest absolute Gasteiger partial charge is 0.479 e. The predicted molar refractivity (Wildman–Crippen MR) is 78.3 cm³/mol. The first kappa shape index (κ1) is 13.1. The summed E-state index contributed by atoms with van der Waals surface area (Å²) in [5, 5.41) is 2.82. The first-order valence-electron chi connectivity index (χ1n) is 6.15. The van der Waals surface area contributed by atoms with E-state index in [9.17, 15) is 4.79 Å². The van der Waals surface area contributed by atoms with Crippen molar-refractivity contribution in [1.82, 2.24) is 9.97 Å². The number of fused-ring (bicyclic) bond motifs is 1. The molecule has 0 bridgehead atoms. The number of halogens is 1. The summed E-state index contributed by atoms with van der Waals surface area (Å²) in [6.07, 6.45) is -0.477. The van der Waals surface area contributed by atoms with E-state index in [-0.39, 0.29) is 5.91 Å². The number of nitrogens with zero attached hydrogens (tertiary/aromatic N) is 1. The Kier molecular flexibility index (Phi) is 3.23. The van der Waals surface area contributed by atoms with Gasteiger partial charge in [0, 0.05) is 5.56 Å². The minimum absolute atomic E-state index is 0.154. The number of imidazole rings is 1. The zero-order chi connectivity index (χ0) is 14.3. The normalized spacial score (nSPS) is 17.4. The molecule has 1 unspecified atom stereocenters. The van der Waals surface area contributed by atoms with E-state index < -0.39 is 6.10 Å². The lowest BCUT2D eigenvalue weighted by Crippen LogP contribution is -2.34. The number of nitrogens with two attached hydrogens (primary N) is 1. The molecule has 0 aliphatic carbocycles. The van der Waals surface area contributed by atoms with Crippen molar-refractivity contribution in [2.24, 2.45) is 5.73 Å². The summed E-state index contributed by atoms with van der Waals surface area (Å²) in [6, 6.07) is 5.55.